The van der Waals surface area contributed by atoms with Gasteiger partial charge in [0.05, 0.1) is 23.3 Å². The maximum atomic E-state index is 13.4. The van der Waals surface area contributed by atoms with E-state index in [9.17, 15) is 9.18 Å². The highest BCUT2D eigenvalue weighted by atomic mass is 19.1. The molecule has 0 fully saturated rings. The number of aryl methyl sites for hydroxylation is 1. The van der Waals surface area contributed by atoms with Gasteiger partial charge in [0, 0.05) is 31.5 Å². The Morgan fingerprint density at radius 3 is 2.92 bits per heavy atom. The molecule has 0 N–H and O–H groups in total. The molecule has 0 radical (unpaired) electrons. The van der Waals surface area contributed by atoms with Crippen molar-refractivity contribution in [2.24, 2.45) is 7.05 Å². The van der Waals surface area contributed by atoms with Crippen molar-refractivity contribution in [3.63, 3.8) is 0 Å². The molecule has 0 bridgehead atoms. The molecular formula is C17H16FN5O. The Morgan fingerprint density at radius 1 is 1.25 bits per heavy atom. The van der Waals surface area contributed by atoms with Gasteiger partial charge in [0.2, 0.25) is 0 Å². The summed E-state index contributed by atoms with van der Waals surface area (Å²) in [6.45, 7) is 2.98. The number of fused-ring (bicyclic) bond motifs is 2. The van der Waals surface area contributed by atoms with E-state index in [1.807, 2.05) is 11.8 Å². The van der Waals surface area contributed by atoms with E-state index in [2.05, 4.69) is 15.0 Å². The van der Waals surface area contributed by atoms with Crippen LogP contribution in [0.15, 0.2) is 29.3 Å². The normalized spacial score (nSPS) is 14.0. The zero-order valence-corrected chi connectivity index (χ0v) is 13.5. The molecule has 0 amide bonds. The predicted molar refractivity (Wildman–Crippen MR) is 88.5 cm³/mol. The van der Waals surface area contributed by atoms with Crippen molar-refractivity contribution < 1.29 is 4.39 Å². The van der Waals surface area contributed by atoms with E-state index < -0.39 is 0 Å². The Labute approximate surface area is 137 Å². The minimum atomic E-state index is -0.329. The smallest absolute Gasteiger partial charge is 0.258 e. The quantitative estimate of drug-likeness (QED) is 0.682. The molecule has 0 atom stereocenters. The van der Waals surface area contributed by atoms with Crippen molar-refractivity contribution in [3.8, 4) is 0 Å². The molecule has 0 spiro atoms. The molecule has 0 unspecified atom stereocenters. The molecule has 1 aromatic carbocycles. The summed E-state index contributed by atoms with van der Waals surface area (Å²) >= 11 is 0. The minimum Gasteiger partial charge on any atom is -0.351 e. The van der Waals surface area contributed by atoms with Gasteiger partial charge in [-0.2, -0.15) is 0 Å². The molecule has 4 rings (SSSR count). The first kappa shape index (κ1) is 14.7. The number of hydrogen-bond donors (Lipinski definition) is 0. The largest absolute Gasteiger partial charge is 0.351 e. The van der Waals surface area contributed by atoms with Crippen molar-refractivity contribution in [1.29, 1.82) is 0 Å². The fourth-order valence-electron chi connectivity index (χ4n) is 3.14. The summed E-state index contributed by atoms with van der Waals surface area (Å²) in [4.78, 5) is 27.6. The maximum absolute atomic E-state index is 13.4. The summed E-state index contributed by atoms with van der Waals surface area (Å²) in [6, 6.07) is 4.47. The Balaban J connectivity index is 1.81. The Bertz CT molecular complexity index is 1010. The monoisotopic (exact) mass is 325 g/mol. The van der Waals surface area contributed by atoms with Crippen LogP contribution in [0.5, 0.6) is 0 Å². The standard InChI is InChI=1S/C17H16FN5O/c1-10-21-14-5-6-23(8-13(14)17(24)22(10)2)16-12-4-3-11(18)7-15(12)19-9-20-16/h3-4,7,9H,5-6,8H2,1-2H3. The highest BCUT2D eigenvalue weighted by Gasteiger charge is 2.24. The summed E-state index contributed by atoms with van der Waals surface area (Å²) in [5, 5.41) is 0.777. The third kappa shape index (κ3) is 2.24. The van der Waals surface area contributed by atoms with Crippen LogP contribution in [0.4, 0.5) is 10.2 Å². The van der Waals surface area contributed by atoms with E-state index in [1.54, 1.807) is 17.7 Å². The summed E-state index contributed by atoms with van der Waals surface area (Å²) in [5.41, 5.74) is 2.09. The van der Waals surface area contributed by atoms with Crippen molar-refractivity contribution in [2.45, 2.75) is 19.9 Å². The molecule has 6 nitrogen and oxygen atoms in total. The van der Waals surface area contributed by atoms with E-state index >= 15 is 0 Å². The van der Waals surface area contributed by atoms with Crippen LogP contribution in [-0.4, -0.2) is 26.1 Å². The number of rotatable bonds is 1. The first-order valence-electron chi connectivity index (χ1n) is 7.75. The van der Waals surface area contributed by atoms with Gasteiger partial charge in [-0.3, -0.25) is 9.36 Å². The van der Waals surface area contributed by atoms with Gasteiger partial charge in [0.1, 0.15) is 23.8 Å². The summed E-state index contributed by atoms with van der Waals surface area (Å²) < 4.78 is 15.0. The zero-order chi connectivity index (χ0) is 16.8. The zero-order valence-electron chi connectivity index (χ0n) is 13.5. The van der Waals surface area contributed by atoms with Crippen LogP contribution < -0.4 is 10.5 Å². The van der Waals surface area contributed by atoms with Crippen molar-refractivity contribution >= 4 is 16.7 Å². The highest BCUT2D eigenvalue weighted by molar-refractivity contribution is 5.89. The number of nitrogens with zero attached hydrogens (tertiary/aromatic N) is 5. The van der Waals surface area contributed by atoms with Crippen LogP contribution in [-0.2, 0) is 20.0 Å². The van der Waals surface area contributed by atoms with Crippen LogP contribution >= 0.6 is 0 Å². The van der Waals surface area contributed by atoms with Crippen molar-refractivity contribution in [3.05, 3.63) is 57.8 Å². The van der Waals surface area contributed by atoms with Gasteiger partial charge < -0.3 is 4.90 Å². The molecule has 2 aromatic heterocycles. The van der Waals surface area contributed by atoms with Gasteiger partial charge in [-0.15, -0.1) is 0 Å². The average molecular weight is 325 g/mol. The number of benzene rings is 1. The van der Waals surface area contributed by atoms with E-state index in [4.69, 9.17) is 0 Å². The van der Waals surface area contributed by atoms with Crippen LogP contribution in [0.2, 0.25) is 0 Å². The van der Waals surface area contributed by atoms with Gasteiger partial charge >= 0.3 is 0 Å². The predicted octanol–water partition coefficient (Wildman–Crippen LogP) is 1.73. The third-order valence-corrected chi connectivity index (χ3v) is 4.54. The first-order valence-corrected chi connectivity index (χ1v) is 7.75. The molecule has 0 aliphatic carbocycles. The maximum Gasteiger partial charge on any atom is 0.258 e. The van der Waals surface area contributed by atoms with Gasteiger partial charge in [0.25, 0.3) is 5.56 Å². The van der Waals surface area contributed by atoms with Gasteiger partial charge in [0.15, 0.2) is 0 Å². The van der Waals surface area contributed by atoms with Gasteiger partial charge in [-0.1, -0.05) is 0 Å². The SMILES string of the molecule is Cc1nc2c(c(=O)n1C)CN(c1ncnc3cc(F)ccc13)CC2. The number of hydrogen-bond acceptors (Lipinski definition) is 5. The van der Waals surface area contributed by atoms with Crippen LogP contribution in [0, 0.1) is 12.7 Å². The lowest BCUT2D eigenvalue weighted by Crippen LogP contribution is -2.38. The average Bonchev–Trinajstić information content (AvgIpc) is 2.59. The fraction of sp³-hybridized carbons (Fsp3) is 0.294. The molecule has 0 saturated heterocycles. The molecule has 24 heavy (non-hydrogen) atoms. The lowest BCUT2D eigenvalue weighted by Gasteiger charge is -2.29. The highest BCUT2D eigenvalue weighted by Crippen LogP contribution is 2.27. The Morgan fingerprint density at radius 2 is 2.08 bits per heavy atom. The Kier molecular flexibility index (Phi) is 3.30. The molecule has 1 aliphatic rings. The van der Waals surface area contributed by atoms with E-state index in [0.29, 0.717) is 36.4 Å². The van der Waals surface area contributed by atoms with Crippen LogP contribution in [0.25, 0.3) is 10.9 Å². The van der Waals surface area contributed by atoms with E-state index in [-0.39, 0.29) is 11.4 Å². The molecule has 1 aliphatic heterocycles. The summed E-state index contributed by atoms with van der Waals surface area (Å²) in [6.07, 6.45) is 2.11. The molecule has 122 valence electrons. The fourth-order valence-corrected chi connectivity index (χ4v) is 3.14. The van der Waals surface area contributed by atoms with E-state index in [0.717, 1.165) is 16.9 Å². The molecule has 7 heteroatoms. The molecular weight excluding hydrogens is 309 g/mol. The summed E-state index contributed by atoms with van der Waals surface area (Å²) in [5.74, 6) is 1.10. The van der Waals surface area contributed by atoms with Crippen molar-refractivity contribution in [1.82, 2.24) is 19.5 Å². The number of halogens is 1. The summed E-state index contributed by atoms with van der Waals surface area (Å²) in [7, 11) is 1.73. The number of aromatic nitrogens is 4. The first-order chi connectivity index (χ1) is 11.5. The van der Waals surface area contributed by atoms with Crippen LogP contribution in [0.3, 0.4) is 0 Å². The molecule has 3 heterocycles. The number of anilines is 1. The second-order valence-electron chi connectivity index (χ2n) is 5.98. The molecule has 3 aromatic rings. The van der Waals surface area contributed by atoms with Crippen LogP contribution in [0.1, 0.15) is 17.1 Å². The lowest BCUT2D eigenvalue weighted by molar-refractivity contribution is 0.629. The topological polar surface area (TPSA) is 63.9 Å². The minimum absolute atomic E-state index is 0.0217. The third-order valence-electron chi connectivity index (χ3n) is 4.54. The second kappa shape index (κ2) is 5.36. The van der Waals surface area contributed by atoms with Gasteiger partial charge in [-0.25, -0.2) is 19.3 Å². The van der Waals surface area contributed by atoms with E-state index in [1.165, 1.54) is 18.5 Å². The van der Waals surface area contributed by atoms with Crippen molar-refractivity contribution in [2.75, 3.05) is 11.4 Å². The second-order valence-corrected chi connectivity index (χ2v) is 5.98. The molecule has 0 saturated carbocycles. The Hall–Kier alpha value is -2.83. The van der Waals surface area contributed by atoms with Gasteiger partial charge in [-0.05, 0) is 19.1 Å². The lowest BCUT2D eigenvalue weighted by atomic mass is 10.1.